The summed E-state index contributed by atoms with van der Waals surface area (Å²) >= 11 is 0. The molecule has 84 valence electrons. The van der Waals surface area contributed by atoms with E-state index in [9.17, 15) is 0 Å². The first-order valence-corrected chi connectivity index (χ1v) is 5.89. The Kier molecular flexibility index (Phi) is 4.90. The average molecular weight is 200 g/mol. The highest BCUT2D eigenvalue weighted by atomic mass is 16.5. The highest BCUT2D eigenvalue weighted by Crippen LogP contribution is 2.32. The summed E-state index contributed by atoms with van der Waals surface area (Å²) in [7, 11) is 0. The van der Waals surface area contributed by atoms with Crippen molar-refractivity contribution in [2.24, 2.45) is 11.8 Å². The molecule has 2 heteroatoms. The van der Waals surface area contributed by atoms with Crippen molar-refractivity contribution in [3.63, 3.8) is 0 Å². The first kappa shape index (κ1) is 12.0. The van der Waals surface area contributed by atoms with Gasteiger partial charge in [-0.15, -0.1) is 0 Å². The normalized spacial score (nSPS) is 35.6. The molecule has 0 radical (unpaired) electrons. The molecule has 0 spiro atoms. The van der Waals surface area contributed by atoms with E-state index < -0.39 is 0 Å². The van der Waals surface area contributed by atoms with Gasteiger partial charge in [0.15, 0.2) is 0 Å². The van der Waals surface area contributed by atoms with Crippen molar-refractivity contribution < 1.29 is 9.84 Å². The Labute approximate surface area is 87.7 Å². The molecule has 0 aromatic heterocycles. The summed E-state index contributed by atoms with van der Waals surface area (Å²) in [5, 5.41) is 8.79. The van der Waals surface area contributed by atoms with Crippen molar-refractivity contribution in [3.8, 4) is 0 Å². The van der Waals surface area contributed by atoms with Gasteiger partial charge in [0, 0.05) is 6.61 Å². The maximum absolute atomic E-state index is 8.79. The van der Waals surface area contributed by atoms with Crippen LogP contribution < -0.4 is 0 Å². The van der Waals surface area contributed by atoms with Crippen LogP contribution in [-0.2, 0) is 4.74 Å². The molecule has 1 aliphatic rings. The van der Waals surface area contributed by atoms with E-state index in [2.05, 4.69) is 20.8 Å². The van der Waals surface area contributed by atoms with Gasteiger partial charge in [0.1, 0.15) is 0 Å². The highest BCUT2D eigenvalue weighted by Gasteiger charge is 2.27. The van der Waals surface area contributed by atoms with E-state index in [4.69, 9.17) is 9.84 Å². The molecule has 2 nitrogen and oxygen atoms in total. The number of aliphatic hydroxyl groups is 1. The van der Waals surface area contributed by atoms with Gasteiger partial charge in [-0.05, 0) is 51.4 Å². The van der Waals surface area contributed by atoms with Crippen molar-refractivity contribution in [3.05, 3.63) is 0 Å². The summed E-state index contributed by atoms with van der Waals surface area (Å²) in [6.07, 6.45) is 5.32. The third-order valence-electron chi connectivity index (χ3n) is 3.36. The van der Waals surface area contributed by atoms with Gasteiger partial charge in [-0.25, -0.2) is 0 Å². The Bertz CT molecular complexity index is 148. The molecule has 0 aliphatic carbocycles. The summed E-state index contributed by atoms with van der Waals surface area (Å²) in [5.74, 6) is 1.52. The van der Waals surface area contributed by atoms with Crippen LogP contribution in [0.3, 0.4) is 0 Å². The number of ether oxygens (including phenoxy) is 1. The Morgan fingerprint density at radius 2 is 1.86 bits per heavy atom. The monoisotopic (exact) mass is 200 g/mol. The molecule has 1 fully saturated rings. The molecule has 1 rings (SSSR count). The van der Waals surface area contributed by atoms with Gasteiger partial charge in [-0.1, -0.05) is 6.92 Å². The maximum atomic E-state index is 8.79. The molecule has 0 saturated carbocycles. The Balaban J connectivity index is 2.34. The standard InChI is InChI=1S/C12H24O2/c1-9(5-4-6-13)12-7-10(2)14-11(3)8-12/h9-13H,4-8H2,1-3H3. The van der Waals surface area contributed by atoms with Gasteiger partial charge < -0.3 is 9.84 Å². The molecule has 0 bridgehead atoms. The van der Waals surface area contributed by atoms with Crippen LogP contribution in [0.2, 0.25) is 0 Å². The van der Waals surface area contributed by atoms with Gasteiger partial charge in [0.05, 0.1) is 12.2 Å². The zero-order chi connectivity index (χ0) is 10.6. The van der Waals surface area contributed by atoms with Crippen LogP contribution in [0.4, 0.5) is 0 Å². The van der Waals surface area contributed by atoms with Crippen LogP contribution in [0.25, 0.3) is 0 Å². The average Bonchev–Trinajstić information content (AvgIpc) is 2.12. The Hall–Kier alpha value is -0.0800. The SMILES string of the molecule is CC1CC(C(C)CCCO)CC(C)O1. The lowest BCUT2D eigenvalue weighted by atomic mass is 9.81. The molecule has 1 heterocycles. The van der Waals surface area contributed by atoms with E-state index in [0.29, 0.717) is 18.8 Å². The molecule has 1 aliphatic heterocycles. The molecular formula is C12H24O2. The smallest absolute Gasteiger partial charge is 0.0553 e. The quantitative estimate of drug-likeness (QED) is 0.756. The topological polar surface area (TPSA) is 29.5 Å². The second kappa shape index (κ2) is 5.72. The second-order valence-corrected chi connectivity index (χ2v) is 4.83. The molecule has 0 aromatic carbocycles. The first-order chi connectivity index (χ1) is 6.63. The van der Waals surface area contributed by atoms with Gasteiger partial charge >= 0.3 is 0 Å². The minimum absolute atomic E-state index is 0.332. The highest BCUT2D eigenvalue weighted by molar-refractivity contribution is 4.77. The van der Waals surface area contributed by atoms with Crippen molar-refractivity contribution >= 4 is 0 Å². The van der Waals surface area contributed by atoms with Crippen molar-refractivity contribution in [1.82, 2.24) is 0 Å². The van der Waals surface area contributed by atoms with Crippen LogP contribution in [-0.4, -0.2) is 23.9 Å². The summed E-state index contributed by atoms with van der Waals surface area (Å²) in [4.78, 5) is 0. The third kappa shape index (κ3) is 3.58. The minimum Gasteiger partial charge on any atom is -0.396 e. The van der Waals surface area contributed by atoms with Gasteiger partial charge in [-0.3, -0.25) is 0 Å². The lowest BCUT2D eigenvalue weighted by molar-refractivity contribution is -0.0628. The summed E-state index contributed by atoms with van der Waals surface area (Å²) in [6, 6.07) is 0. The lowest BCUT2D eigenvalue weighted by Gasteiger charge is -2.35. The summed E-state index contributed by atoms with van der Waals surface area (Å²) < 4.78 is 5.72. The Morgan fingerprint density at radius 3 is 2.36 bits per heavy atom. The van der Waals surface area contributed by atoms with E-state index in [1.165, 1.54) is 12.8 Å². The fourth-order valence-corrected chi connectivity index (χ4v) is 2.57. The van der Waals surface area contributed by atoms with Gasteiger partial charge in [-0.2, -0.15) is 0 Å². The molecular weight excluding hydrogens is 176 g/mol. The van der Waals surface area contributed by atoms with E-state index in [-0.39, 0.29) is 0 Å². The predicted molar refractivity (Wildman–Crippen MR) is 58.2 cm³/mol. The number of rotatable bonds is 4. The lowest BCUT2D eigenvalue weighted by Crippen LogP contribution is -2.32. The van der Waals surface area contributed by atoms with Crippen LogP contribution in [0.5, 0.6) is 0 Å². The molecule has 1 N–H and O–H groups in total. The van der Waals surface area contributed by atoms with Crippen molar-refractivity contribution in [2.75, 3.05) is 6.61 Å². The number of aliphatic hydroxyl groups excluding tert-OH is 1. The number of hydrogen-bond donors (Lipinski definition) is 1. The van der Waals surface area contributed by atoms with Crippen LogP contribution >= 0.6 is 0 Å². The molecule has 14 heavy (non-hydrogen) atoms. The summed E-state index contributed by atoms with van der Waals surface area (Å²) in [5.41, 5.74) is 0. The Morgan fingerprint density at radius 1 is 1.29 bits per heavy atom. The van der Waals surface area contributed by atoms with Gasteiger partial charge in [0.25, 0.3) is 0 Å². The van der Waals surface area contributed by atoms with E-state index in [1.54, 1.807) is 0 Å². The third-order valence-corrected chi connectivity index (χ3v) is 3.36. The maximum Gasteiger partial charge on any atom is 0.0553 e. The zero-order valence-electron chi connectivity index (χ0n) is 9.70. The van der Waals surface area contributed by atoms with E-state index in [1.807, 2.05) is 0 Å². The molecule has 3 atom stereocenters. The second-order valence-electron chi connectivity index (χ2n) is 4.83. The van der Waals surface area contributed by atoms with Crippen LogP contribution in [0.1, 0.15) is 46.5 Å². The number of hydrogen-bond acceptors (Lipinski definition) is 2. The van der Waals surface area contributed by atoms with Crippen molar-refractivity contribution in [1.29, 1.82) is 0 Å². The fourth-order valence-electron chi connectivity index (χ4n) is 2.57. The molecule has 0 aromatic rings. The van der Waals surface area contributed by atoms with Crippen LogP contribution in [0, 0.1) is 11.8 Å². The zero-order valence-corrected chi connectivity index (χ0v) is 9.70. The van der Waals surface area contributed by atoms with Gasteiger partial charge in [0.2, 0.25) is 0 Å². The van der Waals surface area contributed by atoms with E-state index >= 15 is 0 Å². The molecule has 3 unspecified atom stereocenters. The predicted octanol–water partition coefficient (Wildman–Crippen LogP) is 2.60. The summed E-state index contributed by atoms with van der Waals surface area (Å²) in [6.45, 7) is 6.98. The van der Waals surface area contributed by atoms with Crippen molar-refractivity contribution in [2.45, 2.75) is 58.7 Å². The molecule has 1 saturated heterocycles. The molecule has 0 amide bonds. The first-order valence-electron chi connectivity index (χ1n) is 5.89. The minimum atomic E-state index is 0.332. The van der Waals surface area contributed by atoms with E-state index in [0.717, 1.165) is 24.7 Å². The fraction of sp³-hybridized carbons (Fsp3) is 1.00. The largest absolute Gasteiger partial charge is 0.396 e. The van der Waals surface area contributed by atoms with Crippen LogP contribution in [0.15, 0.2) is 0 Å².